The van der Waals surface area contributed by atoms with E-state index in [9.17, 15) is 0 Å². The summed E-state index contributed by atoms with van der Waals surface area (Å²) in [6.07, 6.45) is 9.14. The second kappa shape index (κ2) is 7.70. The summed E-state index contributed by atoms with van der Waals surface area (Å²) in [4.78, 5) is 7.12. The topological polar surface area (TPSA) is 65.7 Å². The number of hydrazine groups is 1. The van der Waals surface area contributed by atoms with Crippen LogP contribution in [0.2, 0.25) is 0 Å². The van der Waals surface area contributed by atoms with Crippen LogP contribution < -0.4 is 16.6 Å². The van der Waals surface area contributed by atoms with Crippen molar-refractivity contribution >= 4 is 5.96 Å². The number of hydrogen-bond acceptors (Lipinski definition) is 3. The molecule has 1 heterocycles. The Labute approximate surface area is 117 Å². The molecule has 0 aromatic carbocycles. The zero-order valence-electron chi connectivity index (χ0n) is 12.2. The molecule has 1 saturated carbocycles. The molecule has 4 N–H and O–H groups in total. The molecule has 1 atom stereocenters. The fourth-order valence-electron chi connectivity index (χ4n) is 3.09. The summed E-state index contributed by atoms with van der Waals surface area (Å²) < 4.78 is 0. The van der Waals surface area contributed by atoms with Crippen molar-refractivity contribution < 1.29 is 0 Å². The van der Waals surface area contributed by atoms with Crippen molar-refractivity contribution in [1.29, 1.82) is 0 Å². The second-order valence-electron chi connectivity index (χ2n) is 5.91. The quantitative estimate of drug-likeness (QED) is 0.310. The Bertz CT molecular complexity index is 280. The lowest BCUT2D eigenvalue weighted by molar-refractivity contribution is 0.264. The van der Waals surface area contributed by atoms with Crippen LogP contribution in [0.15, 0.2) is 4.99 Å². The highest BCUT2D eigenvalue weighted by Crippen LogP contribution is 2.17. The summed E-state index contributed by atoms with van der Waals surface area (Å²) >= 11 is 0. The molecule has 5 nitrogen and oxygen atoms in total. The second-order valence-corrected chi connectivity index (χ2v) is 5.91. The van der Waals surface area contributed by atoms with E-state index in [0.29, 0.717) is 12.1 Å². The average molecular weight is 267 g/mol. The van der Waals surface area contributed by atoms with Gasteiger partial charge in [-0.05, 0) is 45.7 Å². The maximum absolute atomic E-state index is 5.57. The van der Waals surface area contributed by atoms with E-state index in [-0.39, 0.29) is 0 Å². The molecule has 0 aromatic rings. The summed E-state index contributed by atoms with van der Waals surface area (Å²) in [5, 5.41) is 3.45. The molecule has 0 aromatic heterocycles. The van der Waals surface area contributed by atoms with Crippen LogP contribution in [0.25, 0.3) is 0 Å². The van der Waals surface area contributed by atoms with E-state index in [1.165, 1.54) is 58.0 Å². The molecule has 0 radical (unpaired) electrons. The molecule has 2 rings (SSSR count). The number of hydrogen-bond donors (Lipinski definition) is 3. The van der Waals surface area contributed by atoms with Crippen molar-refractivity contribution in [2.75, 3.05) is 19.6 Å². The Hall–Kier alpha value is -0.810. The molecule has 2 aliphatic rings. The molecule has 1 aliphatic heterocycles. The summed E-state index contributed by atoms with van der Waals surface area (Å²) in [6, 6.07) is 1.06. The van der Waals surface area contributed by atoms with E-state index in [1.54, 1.807) is 0 Å². The van der Waals surface area contributed by atoms with Crippen molar-refractivity contribution in [1.82, 2.24) is 15.6 Å². The minimum Gasteiger partial charge on any atom is -0.353 e. The predicted octanol–water partition coefficient (Wildman–Crippen LogP) is 1.21. The van der Waals surface area contributed by atoms with E-state index >= 15 is 0 Å². The first-order valence-electron chi connectivity index (χ1n) is 7.81. The van der Waals surface area contributed by atoms with Crippen molar-refractivity contribution in [2.24, 2.45) is 10.8 Å². The fraction of sp³-hybridized carbons (Fsp3) is 0.929. The van der Waals surface area contributed by atoms with Crippen LogP contribution in [0.4, 0.5) is 0 Å². The van der Waals surface area contributed by atoms with E-state index in [0.717, 1.165) is 12.5 Å². The van der Waals surface area contributed by atoms with Gasteiger partial charge in [0, 0.05) is 12.1 Å². The van der Waals surface area contributed by atoms with Crippen LogP contribution in [0.1, 0.15) is 51.9 Å². The summed E-state index contributed by atoms with van der Waals surface area (Å²) in [7, 11) is 0. The molecular formula is C14H29N5. The minimum atomic E-state index is 0.513. The van der Waals surface area contributed by atoms with Crippen LogP contribution in [0.5, 0.6) is 0 Å². The van der Waals surface area contributed by atoms with Gasteiger partial charge in [0.25, 0.3) is 0 Å². The molecule has 19 heavy (non-hydrogen) atoms. The smallest absolute Gasteiger partial charge is 0.206 e. The first kappa shape index (κ1) is 14.6. The number of rotatable bonds is 4. The molecule has 0 bridgehead atoms. The summed E-state index contributed by atoms with van der Waals surface area (Å²) in [6.45, 7) is 5.51. The van der Waals surface area contributed by atoms with Crippen molar-refractivity contribution in [3.05, 3.63) is 0 Å². The molecule has 1 saturated heterocycles. The lowest BCUT2D eigenvalue weighted by atomic mass is 9.96. The summed E-state index contributed by atoms with van der Waals surface area (Å²) in [5.74, 6) is 6.33. The predicted molar refractivity (Wildman–Crippen MR) is 79.9 cm³/mol. The highest BCUT2D eigenvalue weighted by molar-refractivity contribution is 5.79. The third-order valence-corrected chi connectivity index (χ3v) is 4.36. The van der Waals surface area contributed by atoms with Gasteiger partial charge < -0.3 is 5.32 Å². The lowest BCUT2D eigenvalue weighted by Crippen LogP contribution is -2.47. The van der Waals surface area contributed by atoms with Gasteiger partial charge in [-0.25, -0.2) is 5.84 Å². The number of aliphatic imine (C=N–C) groups is 1. The number of nitrogens with two attached hydrogens (primary N) is 1. The normalized spacial score (nSPS) is 24.4. The Morgan fingerprint density at radius 1 is 1.21 bits per heavy atom. The molecule has 2 fully saturated rings. The van der Waals surface area contributed by atoms with Crippen LogP contribution in [0.3, 0.4) is 0 Å². The molecule has 1 aliphatic carbocycles. The van der Waals surface area contributed by atoms with Crippen LogP contribution in [0, 0.1) is 0 Å². The fourth-order valence-corrected chi connectivity index (χ4v) is 3.09. The van der Waals surface area contributed by atoms with Gasteiger partial charge in [0.2, 0.25) is 5.96 Å². The standard InChI is InChI=1S/C14H29N5/c1-12(19-9-5-6-10-19)11-16-14(18-15)17-13-7-3-2-4-8-13/h12-13H,2-11,15H2,1H3,(H2,16,17,18). The van der Waals surface area contributed by atoms with Gasteiger partial charge in [-0.2, -0.15) is 0 Å². The highest BCUT2D eigenvalue weighted by Gasteiger charge is 2.18. The van der Waals surface area contributed by atoms with Gasteiger partial charge in [0.1, 0.15) is 0 Å². The van der Waals surface area contributed by atoms with Gasteiger partial charge in [-0.15, -0.1) is 0 Å². The van der Waals surface area contributed by atoms with E-state index in [1.807, 2.05) is 0 Å². The molecular weight excluding hydrogens is 238 g/mol. The number of likely N-dealkylation sites (tertiary alicyclic amines) is 1. The van der Waals surface area contributed by atoms with Gasteiger partial charge in [0.05, 0.1) is 6.54 Å². The van der Waals surface area contributed by atoms with Crippen LogP contribution in [-0.4, -0.2) is 42.6 Å². The van der Waals surface area contributed by atoms with Crippen molar-refractivity contribution in [3.8, 4) is 0 Å². The van der Waals surface area contributed by atoms with Gasteiger partial charge in [0.15, 0.2) is 0 Å². The third kappa shape index (κ3) is 4.66. The van der Waals surface area contributed by atoms with Gasteiger partial charge in [-0.3, -0.25) is 15.3 Å². The number of guanidine groups is 1. The van der Waals surface area contributed by atoms with Crippen LogP contribution in [-0.2, 0) is 0 Å². The van der Waals surface area contributed by atoms with E-state index < -0.39 is 0 Å². The van der Waals surface area contributed by atoms with Gasteiger partial charge >= 0.3 is 0 Å². The minimum absolute atomic E-state index is 0.513. The molecule has 110 valence electrons. The maximum atomic E-state index is 5.57. The number of nitrogens with one attached hydrogen (secondary N) is 2. The maximum Gasteiger partial charge on any atom is 0.206 e. The first-order valence-corrected chi connectivity index (χ1v) is 7.81. The van der Waals surface area contributed by atoms with Crippen molar-refractivity contribution in [2.45, 2.75) is 64.0 Å². The Balaban J connectivity index is 1.76. The lowest BCUT2D eigenvalue weighted by Gasteiger charge is -2.25. The Morgan fingerprint density at radius 2 is 1.89 bits per heavy atom. The largest absolute Gasteiger partial charge is 0.353 e. The monoisotopic (exact) mass is 267 g/mol. The molecule has 1 unspecified atom stereocenters. The van der Waals surface area contributed by atoms with Crippen LogP contribution >= 0.6 is 0 Å². The Kier molecular flexibility index (Phi) is 5.92. The Morgan fingerprint density at radius 3 is 2.53 bits per heavy atom. The average Bonchev–Trinajstić information content (AvgIpc) is 2.98. The number of nitrogens with zero attached hydrogens (tertiary/aromatic N) is 2. The van der Waals surface area contributed by atoms with E-state index in [4.69, 9.17) is 5.84 Å². The first-order chi connectivity index (χ1) is 9.29. The third-order valence-electron chi connectivity index (χ3n) is 4.36. The zero-order chi connectivity index (χ0) is 13.5. The van der Waals surface area contributed by atoms with Gasteiger partial charge in [-0.1, -0.05) is 19.3 Å². The van der Waals surface area contributed by atoms with E-state index in [2.05, 4.69) is 27.6 Å². The SMILES string of the molecule is CC(CN=C(NN)NC1CCCCC1)N1CCCC1. The molecule has 5 heteroatoms. The summed E-state index contributed by atoms with van der Waals surface area (Å²) in [5.41, 5.74) is 2.72. The highest BCUT2D eigenvalue weighted by atomic mass is 15.3. The zero-order valence-corrected chi connectivity index (χ0v) is 12.2. The van der Waals surface area contributed by atoms with Crippen molar-refractivity contribution in [3.63, 3.8) is 0 Å². The molecule has 0 spiro atoms. The molecule has 0 amide bonds.